The number of aliphatic hydroxyl groups is 1. The Morgan fingerprint density at radius 1 is 0.819 bits per heavy atom. The Kier molecular flexibility index (Phi) is 15.2. The van der Waals surface area contributed by atoms with Crippen LogP contribution in [0.25, 0.3) is 22.8 Å². The van der Waals surface area contributed by atoms with Crippen LogP contribution in [0.5, 0.6) is 11.5 Å². The molecule has 372 valence electrons. The number of nitrogens with zero attached hydrogens (tertiary/aromatic N) is 7. The van der Waals surface area contributed by atoms with Crippen LogP contribution >= 0.6 is 0 Å². The van der Waals surface area contributed by atoms with Gasteiger partial charge in [-0.25, -0.2) is 4.79 Å². The molecule has 72 heavy (non-hydrogen) atoms. The number of amidine groups is 1. The van der Waals surface area contributed by atoms with E-state index < -0.39 is 16.8 Å². The molecule has 4 aliphatic rings. The number of aliphatic hydroxyl groups excluding tert-OH is 1. The van der Waals surface area contributed by atoms with Crippen LogP contribution in [0, 0.1) is 22.7 Å². The molecule has 5 N–H and O–H groups in total. The summed E-state index contributed by atoms with van der Waals surface area (Å²) in [5, 5.41) is 52.5. The Labute approximate surface area is 415 Å². The lowest BCUT2D eigenvalue weighted by molar-refractivity contribution is -0.141. The second-order valence-electron chi connectivity index (χ2n) is 18.3. The van der Waals surface area contributed by atoms with Crippen molar-refractivity contribution < 1.29 is 53.4 Å². The quantitative estimate of drug-likeness (QED) is 0.0357. The monoisotopic (exact) mass is 978 g/mol. The summed E-state index contributed by atoms with van der Waals surface area (Å²) < 4.78 is 16.6. The molecule has 2 saturated heterocycles. The zero-order chi connectivity index (χ0) is 52.1. The van der Waals surface area contributed by atoms with Gasteiger partial charge < -0.3 is 35.2 Å². The lowest BCUT2D eigenvalue weighted by atomic mass is 9.80. The summed E-state index contributed by atoms with van der Waals surface area (Å²) >= 11 is 0. The number of carboxylic acids is 1. The number of carbonyl (C=O) groups excluding carboxylic acids is 4. The van der Waals surface area contributed by atoms with Gasteiger partial charge in [-0.3, -0.25) is 29.0 Å². The molecule has 0 radical (unpaired) electrons. The van der Waals surface area contributed by atoms with Crippen LogP contribution in [0.4, 0.5) is 0 Å². The maximum atomic E-state index is 13.2. The Bertz CT molecular complexity index is 3080. The Hall–Kier alpha value is -8.42. The van der Waals surface area contributed by atoms with Crippen molar-refractivity contribution in [2.45, 2.75) is 103 Å². The molecular formula is C53H54N8O11. The minimum absolute atomic E-state index is 0.00826. The number of aromatic nitrogens is 2. The fourth-order valence-electron chi connectivity index (χ4n) is 9.91. The van der Waals surface area contributed by atoms with Crippen LogP contribution in [0.15, 0.2) is 82.5 Å². The number of ether oxygens (including phenoxy) is 2. The lowest BCUT2D eigenvalue weighted by Gasteiger charge is -2.23. The van der Waals surface area contributed by atoms with Gasteiger partial charge in [0.1, 0.15) is 23.6 Å². The molecule has 2 aliphatic heterocycles. The first-order chi connectivity index (χ1) is 34.5. The topological polar surface area (TPSA) is 296 Å². The molecule has 9 rings (SSSR count). The zero-order valence-electron chi connectivity index (χ0n) is 40.5. The van der Waals surface area contributed by atoms with Crippen molar-refractivity contribution in [1.29, 1.82) is 10.5 Å². The number of amides is 4. The van der Waals surface area contributed by atoms with Gasteiger partial charge in [0.25, 0.3) is 5.89 Å². The molecule has 1 aromatic heterocycles. The maximum Gasteiger partial charge on any atom is 0.335 e. The smallest absolute Gasteiger partial charge is 0.335 e. The number of nitriles is 2. The largest absolute Gasteiger partial charge is 0.490 e. The third-order valence-corrected chi connectivity index (χ3v) is 13.0. The highest BCUT2D eigenvalue weighted by Gasteiger charge is 2.56. The average Bonchev–Trinajstić information content (AvgIpc) is 4.19. The Morgan fingerprint density at radius 2 is 1.38 bits per heavy atom. The molecule has 19 heteroatoms. The van der Waals surface area contributed by atoms with Gasteiger partial charge in [0, 0.05) is 36.1 Å². The van der Waals surface area contributed by atoms with Crippen LogP contribution in [0.2, 0.25) is 0 Å². The van der Waals surface area contributed by atoms with Crippen LogP contribution in [0.3, 0.4) is 0 Å². The van der Waals surface area contributed by atoms with Gasteiger partial charge in [-0.15, -0.1) is 0 Å². The summed E-state index contributed by atoms with van der Waals surface area (Å²) in [6.07, 6.45) is 3.33. The molecule has 0 bridgehead atoms. The van der Waals surface area contributed by atoms with Crippen molar-refractivity contribution in [2.24, 2.45) is 10.9 Å². The summed E-state index contributed by atoms with van der Waals surface area (Å²) in [6, 6.07) is 24.4. The van der Waals surface area contributed by atoms with Gasteiger partial charge >= 0.3 is 5.97 Å². The van der Waals surface area contributed by atoms with Crippen molar-refractivity contribution in [2.75, 3.05) is 19.7 Å². The van der Waals surface area contributed by atoms with E-state index in [1.807, 2.05) is 65.0 Å². The number of imide groups is 2. The lowest BCUT2D eigenvalue weighted by Crippen LogP contribution is -2.38. The van der Waals surface area contributed by atoms with Crippen molar-refractivity contribution >= 4 is 35.4 Å². The van der Waals surface area contributed by atoms with Gasteiger partial charge in [-0.05, 0) is 118 Å². The third-order valence-electron chi connectivity index (χ3n) is 13.0. The number of carboxylic acid groups (broad SMARTS) is 1. The van der Waals surface area contributed by atoms with E-state index in [4.69, 9.17) is 35.3 Å². The summed E-state index contributed by atoms with van der Waals surface area (Å²) in [7, 11) is 0. The van der Waals surface area contributed by atoms with Crippen molar-refractivity contribution in [3.8, 4) is 46.5 Å². The van der Waals surface area contributed by atoms with Crippen LogP contribution in [-0.2, 0) is 42.8 Å². The van der Waals surface area contributed by atoms with Gasteiger partial charge in [0.15, 0.2) is 5.84 Å². The van der Waals surface area contributed by atoms with E-state index in [1.165, 1.54) is 23.1 Å². The van der Waals surface area contributed by atoms with E-state index >= 15 is 0 Å². The Balaban J connectivity index is 0.000000175. The molecule has 2 spiro atoms. The average molecular weight is 979 g/mol. The molecule has 4 amide bonds. The zero-order valence-corrected chi connectivity index (χ0v) is 40.5. The fourth-order valence-corrected chi connectivity index (χ4v) is 9.91. The summed E-state index contributed by atoms with van der Waals surface area (Å²) in [5.41, 5.74) is 10.2. The van der Waals surface area contributed by atoms with Crippen molar-refractivity contribution in [1.82, 2.24) is 19.9 Å². The molecule has 0 saturated carbocycles. The summed E-state index contributed by atoms with van der Waals surface area (Å²) in [6.45, 7) is 9.62. The summed E-state index contributed by atoms with van der Waals surface area (Å²) in [5.74, 6) is -0.197. The minimum atomic E-state index is -1.05. The highest BCUT2D eigenvalue weighted by atomic mass is 16.5. The normalized spacial score (nSPS) is 18.7. The van der Waals surface area contributed by atoms with E-state index in [0.717, 1.165) is 39.1 Å². The van der Waals surface area contributed by atoms with E-state index in [1.54, 1.807) is 30.3 Å². The van der Waals surface area contributed by atoms with Crippen molar-refractivity contribution in [3.05, 3.63) is 117 Å². The highest BCUT2D eigenvalue weighted by Crippen LogP contribution is 2.50. The number of likely N-dealkylation sites (tertiary alicyclic amines) is 2. The summed E-state index contributed by atoms with van der Waals surface area (Å²) in [4.78, 5) is 68.5. The number of carbonyl (C=O) groups is 5. The first-order valence-corrected chi connectivity index (χ1v) is 23.5. The number of hydrogen-bond acceptors (Lipinski definition) is 15. The highest BCUT2D eigenvalue weighted by molar-refractivity contribution is 6.11. The second kappa shape index (κ2) is 21.3. The molecule has 2 unspecified atom stereocenters. The number of β-amino-alcohol motifs (C(OH)–C–C–N with tert-alkyl or cyclic N) is 1. The van der Waals surface area contributed by atoms with Gasteiger partial charge in [-0.2, -0.15) is 15.5 Å². The molecule has 2 fully saturated rings. The SMILES string of the molecule is CC(C)Oc1ccc(-c2nc(-c3cccc4c3CCC43CC(=O)N(CCO)C3=O)no2)cc1C#N.CC(C)Oc1ccc(C(=O)O)cc1C#N.CCCN1C(=O)CC2(CCc3c(/C(N)=N/O)cccc32)C1=O. The molecular weight excluding hydrogens is 925 g/mol. The number of fused-ring (bicyclic) bond motifs is 4. The standard InChI is InChI=1S/C26H24N4O5.C16H19N3O3.C11H11NO3/c1-15(2)34-21-7-6-16(12-17(21)14-27)24-28-23(29-35-24)19-4-3-5-20-18(19)8-9-26(20)13-22(32)30(10-11-31)25(26)33;1-2-8-19-13(20)9-16(15(19)21)7-6-10-11(14(17)18-22)4-3-5-12(10)16;1-7(2)15-10-4-3-8(11(13)14)5-9(10)6-12/h3-7,12,15,31H,8-11,13H2,1-2H3;3-5,22H,2,6-9H2,1H3,(H2,17,18);3-5,7H,1-2H3,(H,13,14). The third kappa shape index (κ3) is 9.71. The molecule has 2 aliphatic carbocycles. The molecule has 19 nitrogen and oxygen atoms in total. The van der Waals surface area contributed by atoms with Crippen LogP contribution in [-0.4, -0.2) is 103 Å². The number of hydrogen-bond donors (Lipinski definition) is 4. The Morgan fingerprint density at radius 3 is 1.93 bits per heavy atom. The maximum absolute atomic E-state index is 13.2. The molecule has 3 heterocycles. The molecule has 2 atom stereocenters. The predicted molar refractivity (Wildman–Crippen MR) is 259 cm³/mol. The molecule has 5 aromatic rings. The van der Waals surface area contributed by atoms with Gasteiger partial charge in [0.05, 0.1) is 52.9 Å². The second-order valence-corrected chi connectivity index (χ2v) is 18.3. The first kappa shape index (κ1) is 51.4. The van der Waals surface area contributed by atoms with E-state index in [2.05, 4.69) is 21.4 Å². The van der Waals surface area contributed by atoms with E-state index in [0.29, 0.717) is 66.2 Å². The van der Waals surface area contributed by atoms with Crippen molar-refractivity contribution in [3.63, 3.8) is 0 Å². The fraction of sp³-hybridized carbons (Fsp3) is 0.358. The van der Waals surface area contributed by atoms with E-state index in [9.17, 15) is 34.3 Å². The number of nitrogens with two attached hydrogens (primary N) is 1. The number of oxime groups is 1. The molecule has 4 aromatic carbocycles. The van der Waals surface area contributed by atoms with Gasteiger partial charge in [0.2, 0.25) is 29.5 Å². The first-order valence-electron chi connectivity index (χ1n) is 23.5. The number of aromatic carboxylic acids is 1. The predicted octanol–water partition coefficient (Wildman–Crippen LogP) is 6.18. The minimum Gasteiger partial charge on any atom is -0.490 e. The van der Waals surface area contributed by atoms with Crippen LogP contribution < -0.4 is 15.2 Å². The van der Waals surface area contributed by atoms with Crippen LogP contribution in [0.1, 0.15) is 116 Å². The number of benzene rings is 4. The van der Waals surface area contributed by atoms with Gasteiger partial charge in [-0.1, -0.05) is 53.6 Å². The number of rotatable bonds is 12. The van der Waals surface area contributed by atoms with E-state index in [-0.39, 0.29) is 84.7 Å².